The van der Waals surface area contributed by atoms with E-state index in [1.807, 2.05) is 17.0 Å². The minimum absolute atomic E-state index is 0.0362. The van der Waals surface area contributed by atoms with E-state index in [1.54, 1.807) is 12.1 Å². The summed E-state index contributed by atoms with van der Waals surface area (Å²) in [6.07, 6.45) is 0.913. The molecule has 1 N–H and O–H groups in total. The van der Waals surface area contributed by atoms with Crippen molar-refractivity contribution in [3.63, 3.8) is 0 Å². The molecule has 122 valence electrons. The Hall–Kier alpha value is -1.85. The van der Waals surface area contributed by atoms with Crippen molar-refractivity contribution in [2.75, 3.05) is 38.1 Å². The number of amides is 2. The second kappa shape index (κ2) is 6.34. The molecule has 0 radical (unpaired) electrons. The highest BCUT2D eigenvalue weighted by molar-refractivity contribution is 6.52. The summed E-state index contributed by atoms with van der Waals surface area (Å²) < 4.78 is 0. The summed E-state index contributed by atoms with van der Waals surface area (Å²) in [6.45, 7) is 5.39. The van der Waals surface area contributed by atoms with Crippen LogP contribution in [-0.4, -0.2) is 49.9 Å². The number of rotatable bonds is 3. The Morgan fingerprint density at radius 3 is 2.26 bits per heavy atom. The van der Waals surface area contributed by atoms with E-state index >= 15 is 0 Å². The molecule has 1 aromatic carbocycles. The number of anilines is 1. The van der Waals surface area contributed by atoms with Gasteiger partial charge in [-0.2, -0.15) is 0 Å². The van der Waals surface area contributed by atoms with E-state index in [2.05, 4.69) is 14.0 Å². The molecular formula is C17H21ClN3O2+. The maximum absolute atomic E-state index is 12.8. The second-order valence-corrected chi connectivity index (χ2v) is 6.45. The third-order valence-corrected chi connectivity index (χ3v) is 4.88. The van der Waals surface area contributed by atoms with Crippen LogP contribution in [0.3, 0.4) is 0 Å². The van der Waals surface area contributed by atoms with E-state index in [0.29, 0.717) is 11.4 Å². The van der Waals surface area contributed by atoms with E-state index < -0.39 is 5.91 Å². The van der Waals surface area contributed by atoms with Crippen LogP contribution in [0.1, 0.15) is 12.5 Å². The van der Waals surface area contributed by atoms with Crippen LogP contribution in [0.4, 0.5) is 5.69 Å². The van der Waals surface area contributed by atoms with Crippen LogP contribution >= 0.6 is 11.6 Å². The van der Waals surface area contributed by atoms with Crippen LogP contribution in [0.25, 0.3) is 0 Å². The Balaban J connectivity index is 1.86. The number of aryl methyl sites for hydroxylation is 1. The van der Waals surface area contributed by atoms with Crippen LogP contribution in [0.15, 0.2) is 35.0 Å². The summed E-state index contributed by atoms with van der Waals surface area (Å²) in [5.41, 5.74) is 2.09. The van der Waals surface area contributed by atoms with Gasteiger partial charge in [-0.3, -0.25) is 9.59 Å². The SMILES string of the molecule is CCc1ccc(N2C(=O)C(Cl)=C(N3CC[NH+](C)CC3)C2=O)cc1. The molecule has 0 bridgehead atoms. The summed E-state index contributed by atoms with van der Waals surface area (Å²) in [4.78, 5) is 29.8. The molecule has 2 amide bonds. The van der Waals surface area contributed by atoms with Gasteiger partial charge in [0.2, 0.25) is 0 Å². The molecule has 1 aromatic rings. The van der Waals surface area contributed by atoms with Crippen molar-refractivity contribution in [3.05, 3.63) is 40.6 Å². The van der Waals surface area contributed by atoms with Crippen LogP contribution < -0.4 is 9.80 Å². The maximum Gasteiger partial charge on any atom is 0.283 e. The molecule has 23 heavy (non-hydrogen) atoms. The number of nitrogens with zero attached hydrogens (tertiary/aromatic N) is 2. The number of imide groups is 1. The van der Waals surface area contributed by atoms with Crippen LogP contribution in [0, 0.1) is 0 Å². The van der Waals surface area contributed by atoms with Crippen molar-refractivity contribution < 1.29 is 14.5 Å². The van der Waals surface area contributed by atoms with Gasteiger partial charge in [0.1, 0.15) is 10.7 Å². The summed E-state index contributed by atoms with van der Waals surface area (Å²) in [7, 11) is 2.12. The monoisotopic (exact) mass is 334 g/mol. The number of quaternary nitrogens is 1. The maximum atomic E-state index is 12.8. The zero-order valence-corrected chi connectivity index (χ0v) is 14.2. The van der Waals surface area contributed by atoms with E-state index in [1.165, 1.54) is 9.80 Å². The molecule has 0 atom stereocenters. The van der Waals surface area contributed by atoms with Gasteiger partial charge >= 0.3 is 0 Å². The average molecular weight is 335 g/mol. The minimum atomic E-state index is -0.429. The topological polar surface area (TPSA) is 45.1 Å². The second-order valence-electron chi connectivity index (χ2n) is 6.07. The van der Waals surface area contributed by atoms with Crippen molar-refractivity contribution >= 4 is 29.1 Å². The highest BCUT2D eigenvalue weighted by atomic mass is 35.5. The van der Waals surface area contributed by atoms with E-state index in [-0.39, 0.29) is 10.9 Å². The van der Waals surface area contributed by atoms with Gasteiger partial charge in [-0.25, -0.2) is 4.90 Å². The fraction of sp³-hybridized carbons (Fsp3) is 0.412. The lowest BCUT2D eigenvalue weighted by Crippen LogP contribution is -3.11. The van der Waals surface area contributed by atoms with Crippen LogP contribution in [0.2, 0.25) is 0 Å². The number of likely N-dealkylation sites (N-methyl/N-ethyl adjacent to an activating group) is 1. The smallest absolute Gasteiger partial charge is 0.283 e. The Labute approximate surface area is 141 Å². The van der Waals surface area contributed by atoms with E-state index in [4.69, 9.17) is 11.6 Å². The Bertz CT molecular complexity index is 661. The Kier molecular flexibility index (Phi) is 4.41. The quantitative estimate of drug-likeness (QED) is 0.814. The van der Waals surface area contributed by atoms with Crippen LogP contribution in [-0.2, 0) is 16.0 Å². The van der Waals surface area contributed by atoms with Gasteiger partial charge in [0.25, 0.3) is 11.8 Å². The summed E-state index contributed by atoms with van der Waals surface area (Å²) in [5, 5.41) is 0.0362. The molecule has 6 heteroatoms. The molecule has 2 heterocycles. The number of hydrogen-bond donors (Lipinski definition) is 1. The molecule has 0 aromatic heterocycles. The predicted molar refractivity (Wildman–Crippen MR) is 89.4 cm³/mol. The Morgan fingerprint density at radius 1 is 1.09 bits per heavy atom. The van der Waals surface area contributed by atoms with E-state index in [0.717, 1.165) is 38.2 Å². The van der Waals surface area contributed by atoms with Crippen molar-refractivity contribution in [2.45, 2.75) is 13.3 Å². The van der Waals surface area contributed by atoms with Gasteiger partial charge in [0, 0.05) is 0 Å². The zero-order chi connectivity index (χ0) is 16.6. The largest absolute Gasteiger partial charge is 0.354 e. The molecule has 1 saturated heterocycles. The number of carbonyl (C=O) groups is 2. The van der Waals surface area contributed by atoms with Gasteiger partial charge in [-0.15, -0.1) is 0 Å². The average Bonchev–Trinajstić information content (AvgIpc) is 2.78. The molecular weight excluding hydrogens is 314 g/mol. The van der Waals surface area contributed by atoms with Gasteiger partial charge in [0.15, 0.2) is 0 Å². The third-order valence-electron chi connectivity index (χ3n) is 4.54. The van der Waals surface area contributed by atoms with Crippen molar-refractivity contribution in [1.82, 2.24) is 4.90 Å². The molecule has 0 unspecified atom stereocenters. The first-order valence-electron chi connectivity index (χ1n) is 7.96. The zero-order valence-electron chi connectivity index (χ0n) is 13.4. The normalized spacial score (nSPS) is 20.0. The highest BCUT2D eigenvalue weighted by Gasteiger charge is 2.42. The first kappa shape index (κ1) is 16.0. The lowest BCUT2D eigenvalue weighted by molar-refractivity contribution is -0.883. The number of carbonyl (C=O) groups excluding carboxylic acids is 2. The summed E-state index contributed by atoms with van der Waals surface area (Å²) in [5.74, 6) is -0.744. The number of piperazine rings is 1. The van der Waals surface area contributed by atoms with Gasteiger partial charge in [-0.1, -0.05) is 30.7 Å². The minimum Gasteiger partial charge on any atom is -0.354 e. The van der Waals surface area contributed by atoms with Crippen LogP contribution in [0.5, 0.6) is 0 Å². The van der Waals surface area contributed by atoms with E-state index in [9.17, 15) is 9.59 Å². The number of nitrogens with one attached hydrogen (secondary N) is 1. The molecule has 2 aliphatic heterocycles. The highest BCUT2D eigenvalue weighted by Crippen LogP contribution is 2.31. The molecule has 2 aliphatic rings. The molecule has 3 rings (SSSR count). The van der Waals surface area contributed by atoms with Crippen molar-refractivity contribution in [3.8, 4) is 0 Å². The lowest BCUT2D eigenvalue weighted by Gasteiger charge is -2.31. The fourth-order valence-electron chi connectivity index (χ4n) is 2.99. The lowest BCUT2D eigenvalue weighted by atomic mass is 10.1. The standard InChI is InChI=1S/C17H20ClN3O2/c1-3-12-4-6-13(7-5-12)21-16(22)14(18)15(17(21)23)20-10-8-19(2)9-11-20/h4-7H,3,8-11H2,1-2H3/p+1. The molecule has 0 spiro atoms. The molecule has 0 aliphatic carbocycles. The summed E-state index contributed by atoms with van der Waals surface area (Å²) in [6, 6.07) is 7.47. The number of halogens is 1. The Morgan fingerprint density at radius 2 is 1.70 bits per heavy atom. The number of hydrogen-bond acceptors (Lipinski definition) is 3. The predicted octanol–water partition coefficient (Wildman–Crippen LogP) is 0.403. The molecule has 1 fully saturated rings. The third kappa shape index (κ3) is 2.86. The van der Waals surface area contributed by atoms with Gasteiger partial charge in [-0.05, 0) is 24.1 Å². The van der Waals surface area contributed by atoms with Crippen molar-refractivity contribution in [1.29, 1.82) is 0 Å². The molecule has 5 nitrogen and oxygen atoms in total. The summed E-state index contributed by atoms with van der Waals surface area (Å²) >= 11 is 6.22. The first-order chi connectivity index (χ1) is 11.0. The number of benzene rings is 1. The van der Waals surface area contributed by atoms with Crippen molar-refractivity contribution in [2.24, 2.45) is 0 Å². The first-order valence-corrected chi connectivity index (χ1v) is 8.34. The fourth-order valence-corrected chi connectivity index (χ4v) is 3.28. The van der Waals surface area contributed by atoms with Gasteiger partial charge in [0.05, 0.1) is 38.9 Å². The van der Waals surface area contributed by atoms with Gasteiger partial charge < -0.3 is 9.80 Å². The molecule has 0 saturated carbocycles.